The SMILES string of the molecule is CCC(CN)CC(=O)Cc1ccc(C)cc1. The Morgan fingerprint density at radius 1 is 1.31 bits per heavy atom. The van der Waals surface area contributed by atoms with Crippen molar-refractivity contribution < 1.29 is 4.79 Å². The largest absolute Gasteiger partial charge is 0.330 e. The molecular weight excluding hydrogens is 198 g/mol. The summed E-state index contributed by atoms with van der Waals surface area (Å²) in [5, 5.41) is 0. The molecule has 88 valence electrons. The maximum atomic E-state index is 11.8. The lowest BCUT2D eigenvalue weighted by Gasteiger charge is -2.10. The average molecular weight is 219 g/mol. The number of benzene rings is 1. The van der Waals surface area contributed by atoms with E-state index in [1.165, 1.54) is 5.56 Å². The van der Waals surface area contributed by atoms with Gasteiger partial charge in [0, 0.05) is 12.8 Å². The number of ketones is 1. The topological polar surface area (TPSA) is 43.1 Å². The zero-order chi connectivity index (χ0) is 12.0. The van der Waals surface area contributed by atoms with Gasteiger partial charge in [0.25, 0.3) is 0 Å². The van der Waals surface area contributed by atoms with Gasteiger partial charge in [0.1, 0.15) is 5.78 Å². The van der Waals surface area contributed by atoms with Gasteiger partial charge in [-0.2, -0.15) is 0 Å². The molecule has 0 aliphatic heterocycles. The van der Waals surface area contributed by atoms with Crippen LogP contribution in [0, 0.1) is 12.8 Å². The van der Waals surface area contributed by atoms with Crippen molar-refractivity contribution in [3.8, 4) is 0 Å². The summed E-state index contributed by atoms with van der Waals surface area (Å²) in [6.45, 7) is 4.74. The zero-order valence-electron chi connectivity index (χ0n) is 10.2. The highest BCUT2D eigenvalue weighted by Gasteiger charge is 2.10. The van der Waals surface area contributed by atoms with E-state index in [1.807, 2.05) is 31.2 Å². The minimum Gasteiger partial charge on any atom is -0.330 e. The molecule has 0 amide bonds. The molecule has 1 atom stereocenters. The Bertz CT molecular complexity index is 325. The summed E-state index contributed by atoms with van der Waals surface area (Å²) in [6.07, 6.45) is 2.13. The van der Waals surface area contributed by atoms with Gasteiger partial charge in [-0.05, 0) is 24.9 Å². The molecule has 1 unspecified atom stereocenters. The quantitative estimate of drug-likeness (QED) is 0.798. The smallest absolute Gasteiger partial charge is 0.137 e. The molecule has 0 spiro atoms. The van der Waals surface area contributed by atoms with Gasteiger partial charge >= 0.3 is 0 Å². The van der Waals surface area contributed by atoms with Crippen LogP contribution in [0.5, 0.6) is 0 Å². The normalized spacial score (nSPS) is 12.4. The fourth-order valence-corrected chi connectivity index (χ4v) is 1.72. The van der Waals surface area contributed by atoms with Gasteiger partial charge in [-0.15, -0.1) is 0 Å². The first-order chi connectivity index (χ1) is 7.65. The van der Waals surface area contributed by atoms with E-state index in [1.54, 1.807) is 0 Å². The van der Waals surface area contributed by atoms with E-state index >= 15 is 0 Å². The van der Waals surface area contributed by atoms with Crippen molar-refractivity contribution in [2.75, 3.05) is 6.54 Å². The fourth-order valence-electron chi connectivity index (χ4n) is 1.72. The van der Waals surface area contributed by atoms with Crippen molar-refractivity contribution in [3.05, 3.63) is 35.4 Å². The molecule has 0 saturated carbocycles. The Labute approximate surface area is 97.9 Å². The van der Waals surface area contributed by atoms with Gasteiger partial charge in [0.05, 0.1) is 0 Å². The number of aryl methyl sites for hydroxylation is 1. The van der Waals surface area contributed by atoms with Gasteiger partial charge in [-0.3, -0.25) is 4.79 Å². The molecule has 0 heterocycles. The summed E-state index contributed by atoms with van der Waals surface area (Å²) in [7, 11) is 0. The third-order valence-corrected chi connectivity index (χ3v) is 2.95. The van der Waals surface area contributed by atoms with Crippen molar-refractivity contribution in [1.29, 1.82) is 0 Å². The number of Topliss-reactive ketones (excluding diaryl/α,β-unsaturated/α-hetero) is 1. The minimum atomic E-state index is 0.293. The van der Waals surface area contributed by atoms with Crippen molar-refractivity contribution in [2.45, 2.75) is 33.1 Å². The molecule has 1 aromatic rings. The molecule has 0 bridgehead atoms. The van der Waals surface area contributed by atoms with Crippen LogP contribution >= 0.6 is 0 Å². The maximum absolute atomic E-state index is 11.8. The Hall–Kier alpha value is -1.15. The molecule has 2 N–H and O–H groups in total. The van der Waals surface area contributed by atoms with Crippen molar-refractivity contribution in [1.82, 2.24) is 0 Å². The van der Waals surface area contributed by atoms with Crippen LogP contribution in [0.1, 0.15) is 30.9 Å². The van der Waals surface area contributed by atoms with Crippen LogP contribution in [0.25, 0.3) is 0 Å². The highest BCUT2D eigenvalue weighted by atomic mass is 16.1. The molecule has 1 rings (SSSR count). The summed E-state index contributed by atoms with van der Waals surface area (Å²) in [6, 6.07) is 8.14. The van der Waals surface area contributed by atoms with Crippen LogP contribution in [0.3, 0.4) is 0 Å². The van der Waals surface area contributed by atoms with Crippen LogP contribution in [0.4, 0.5) is 0 Å². The van der Waals surface area contributed by atoms with E-state index in [9.17, 15) is 4.79 Å². The van der Waals surface area contributed by atoms with E-state index in [0.29, 0.717) is 31.1 Å². The number of carbonyl (C=O) groups is 1. The molecule has 0 radical (unpaired) electrons. The van der Waals surface area contributed by atoms with Crippen LogP contribution in [0.15, 0.2) is 24.3 Å². The van der Waals surface area contributed by atoms with Crippen LogP contribution in [0.2, 0.25) is 0 Å². The van der Waals surface area contributed by atoms with Gasteiger partial charge in [-0.1, -0.05) is 43.2 Å². The molecule has 0 fully saturated rings. The lowest BCUT2D eigenvalue weighted by Crippen LogP contribution is -2.18. The van der Waals surface area contributed by atoms with Crippen molar-refractivity contribution >= 4 is 5.78 Å². The summed E-state index contributed by atoms with van der Waals surface area (Å²) in [5.74, 6) is 0.638. The molecule has 0 aliphatic carbocycles. The summed E-state index contributed by atoms with van der Waals surface area (Å²) in [4.78, 5) is 11.8. The molecule has 16 heavy (non-hydrogen) atoms. The number of nitrogens with two attached hydrogens (primary N) is 1. The van der Waals surface area contributed by atoms with E-state index in [4.69, 9.17) is 5.73 Å². The molecule has 2 heteroatoms. The van der Waals surface area contributed by atoms with Crippen LogP contribution in [-0.4, -0.2) is 12.3 Å². The standard InChI is InChI=1S/C14H21NO/c1-3-12(10-15)8-14(16)9-13-6-4-11(2)5-7-13/h4-7,12H,3,8-10,15H2,1-2H3. The second-order valence-electron chi connectivity index (χ2n) is 4.42. The predicted molar refractivity (Wildman–Crippen MR) is 67.3 cm³/mol. The lowest BCUT2D eigenvalue weighted by atomic mass is 9.96. The number of hydrogen-bond donors (Lipinski definition) is 1. The average Bonchev–Trinajstić information content (AvgIpc) is 2.29. The molecule has 0 aromatic heterocycles. The Morgan fingerprint density at radius 2 is 1.94 bits per heavy atom. The Morgan fingerprint density at radius 3 is 2.44 bits per heavy atom. The monoisotopic (exact) mass is 219 g/mol. The first-order valence-corrected chi connectivity index (χ1v) is 5.93. The second-order valence-corrected chi connectivity index (χ2v) is 4.42. The Balaban J connectivity index is 2.48. The zero-order valence-corrected chi connectivity index (χ0v) is 10.2. The van der Waals surface area contributed by atoms with E-state index in [0.717, 1.165) is 12.0 Å². The maximum Gasteiger partial charge on any atom is 0.137 e. The predicted octanol–water partition coefficient (Wildman–Crippen LogP) is 2.48. The number of carbonyl (C=O) groups excluding carboxylic acids is 1. The molecule has 0 saturated heterocycles. The third kappa shape index (κ3) is 4.15. The van der Waals surface area contributed by atoms with Crippen molar-refractivity contribution in [3.63, 3.8) is 0 Å². The summed E-state index contributed by atoms with van der Waals surface area (Å²) >= 11 is 0. The van der Waals surface area contributed by atoms with Crippen molar-refractivity contribution in [2.24, 2.45) is 11.7 Å². The lowest BCUT2D eigenvalue weighted by molar-refractivity contribution is -0.119. The highest BCUT2D eigenvalue weighted by molar-refractivity contribution is 5.81. The van der Waals surface area contributed by atoms with E-state index in [-0.39, 0.29) is 0 Å². The summed E-state index contributed by atoms with van der Waals surface area (Å²) in [5.41, 5.74) is 7.92. The first-order valence-electron chi connectivity index (χ1n) is 5.93. The van der Waals surface area contributed by atoms with Gasteiger partial charge in [0.2, 0.25) is 0 Å². The van der Waals surface area contributed by atoms with Gasteiger partial charge in [-0.25, -0.2) is 0 Å². The summed E-state index contributed by atoms with van der Waals surface area (Å²) < 4.78 is 0. The second kappa shape index (κ2) is 6.44. The first kappa shape index (κ1) is 12.9. The molecule has 1 aromatic carbocycles. The van der Waals surface area contributed by atoms with E-state index in [2.05, 4.69) is 6.92 Å². The number of hydrogen-bond acceptors (Lipinski definition) is 2. The number of rotatable bonds is 6. The Kier molecular flexibility index (Phi) is 5.20. The van der Waals surface area contributed by atoms with Gasteiger partial charge < -0.3 is 5.73 Å². The van der Waals surface area contributed by atoms with Crippen LogP contribution in [-0.2, 0) is 11.2 Å². The van der Waals surface area contributed by atoms with E-state index < -0.39 is 0 Å². The third-order valence-electron chi connectivity index (χ3n) is 2.95. The van der Waals surface area contributed by atoms with Crippen LogP contribution < -0.4 is 5.73 Å². The van der Waals surface area contributed by atoms with Gasteiger partial charge in [0.15, 0.2) is 0 Å². The molecule has 0 aliphatic rings. The fraction of sp³-hybridized carbons (Fsp3) is 0.500. The molecule has 2 nitrogen and oxygen atoms in total. The highest BCUT2D eigenvalue weighted by Crippen LogP contribution is 2.10. The minimum absolute atomic E-state index is 0.293. The molecular formula is C14H21NO.